The smallest absolute Gasteiger partial charge is 0.238 e. The van der Waals surface area contributed by atoms with Crippen LogP contribution in [0.15, 0.2) is 92.3 Å². The molecule has 2 fully saturated rings. The maximum atomic E-state index is 14.4. The lowest BCUT2D eigenvalue weighted by molar-refractivity contribution is -0.142. The first-order valence-electron chi connectivity index (χ1n) is 16.3. The molecule has 0 radical (unpaired) electrons. The standard InChI is InChI=1S/C39H33BrN2O7/c1-18-19(2)35(45)39(3)26(33(18)43)17-25-23(32(39)21-15-27(40)34(44)30(16-21)48-4)13-14-24-31(25)38(47)42(37(24)46)22-11-9-20(10-12-22)36-41-28-7-5-6-8-29(28)49-36/h5-13,15-16,24-26,31-32,44H,14,17H2,1-4H3/t24-,25+,26-,31-,32-,39+/m0/s1. The SMILES string of the molecule is COc1cc([C@H]2C3=CC[C@@H]4C(=O)N(c5ccc(-c6nc7ccccc7o6)cc5)C(=O)[C@@H]4[C@@H]3C[C@H]3C(=O)C(C)=C(C)C(=O)[C@@]23C)cc(Br)c1O. The zero-order valence-electron chi connectivity index (χ0n) is 27.3. The number of benzene rings is 3. The first-order valence-corrected chi connectivity index (χ1v) is 17.1. The summed E-state index contributed by atoms with van der Waals surface area (Å²) in [6, 6.07) is 18.0. The first-order chi connectivity index (χ1) is 23.4. The number of allylic oxidation sites excluding steroid dienone is 4. The van der Waals surface area contributed by atoms with Gasteiger partial charge in [-0.15, -0.1) is 0 Å². The molecule has 2 heterocycles. The molecule has 2 amide bonds. The van der Waals surface area contributed by atoms with Gasteiger partial charge in [-0.2, -0.15) is 0 Å². The molecule has 6 atom stereocenters. The van der Waals surface area contributed by atoms with Crippen molar-refractivity contribution in [2.75, 3.05) is 12.0 Å². The predicted octanol–water partition coefficient (Wildman–Crippen LogP) is 7.32. The fourth-order valence-corrected chi connectivity index (χ4v) is 9.34. The summed E-state index contributed by atoms with van der Waals surface area (Å²) in [5.41, 5.74) is 3.83. The van der Waals surface area contributed by atoms with Crippen LogP contribution in [0.2, 0.25) is 0 Å². The van der Waals surface area contributed by atoms with E-state index in [1.807, 2.05) is 37.3 Å². The second kappa shape index (κ2) is 11.1. The number of ketones is 2. The van der Waals surface area contributed by atoms with Gasteiger partial charge in [-0.25, -0.2) is 4.98 Å². The van der Waals surface area contributed by atoms with Gasteiger partial charge in [0.2, 0.25) is 17.7 Å². The van der Waals surface area contributed by atoms with Crippen molar-refractivity contribution in [2.45, 2.75) is 39.5 Å². The minimum atomic E-state index is -1.15. The number of Topliss-reactive ketones (excluding diaryl/α,β-unsaturated/α-hetero) is 2. The number of rotatable bonds is 4. The number of fused-ring (bicyclic) bond motifs is 5. The Labute approximate surface area is 290 Å². The average Bonchev–Trinajstić information content (AvgIpc) is 3.65. The number of oxazole rings is 1. The van der Waals surface area contributed by atoms with Crippen LogP contribution in [0.3, 0.4) is 0 Å². The molecule has 4 aliphatic rings. The van der Waals surface area contributed by atoms with E-state index in [9.17, 15) is 24.3 Å². The van der Waals surface area contributed by atoms with Crippen molar-refractivity contribution in [1.29, 1.82) is 0 Å². The molecule has 10 heteroatoms. The minimum absolute atomic E-state index is 0.0784. The number of para-hydroxylation sites is 2. The van der Waals surface area contributed by atoms with E-state index < -0.39 is 35.0 Å². The van der Waals surface area contributed by atoms with Crippen LogP contribution in [0.4, 0.5) is 5.69 Å². The molecule has 1 aliphatic heterocycles. The minimum Gasteiger partial charge on any atom is -0.503 e. The number of hydrogen-bond acceptors (Lipinski definition) is 8. The Bertz CT molecular complexity index is 2160. The number of ether oxygens (including phenoxy) is 1. The van der Waals surface area contributed by atoms with Crippen LogP contribution in [-0.2, 0) is 19.2 Å². The van der Waals surface area contributed by atoms with E-state index in [0.29, 0.717) is 50.3 Å². The summed E-state index contributed by atoms with van der Waals surface area (Å²) in [7, 11) is 1.45. The summed E-state index contributed by atoms with van der Waals surface area (Å²) < 4.78 is 11.8. The Hall–Kier alpha value is -4.83. The second-order valence-corrected chi connectivity index (χ2v) is 14.6. The highest BCUT2D eigenvalue weighted by Gasteiger charge is 2.64. The third-order valence-corrected chi connectivity index (χ3v) is 12.0. The number of anilines is 1. The first kappa shape index (κ1) is 31.4. The van der Waals surface area contributed by atoms with Crippen molar-refractivity contribution in [3.63, 3.8) is 0 Å². The number of carbonyl (C=O) groups is 4. The molecule has 8 rings (SSSR count). The Kier molecular flexibility index (Phi) is 7.12. The molecule has 3 aliphatic carbocycles. The van der Waals surface area contributed by atoms with Gasteiger partial charge in [0.05, 0.1) is 34.5 Å². The molecule has 49 heavy (non-hydrogen) atoms. The Morgan fingerprint density at radius 1 is 0.980 bits per heavy atom. The highest BCUT2D eigenvalue weighted by atomic mass is 79.9. The normalized spacial score (nSPS) is 28.1. The van der Waals surface area contributed by atoms with Gasteiger partial charge < -0.3 is 14.3 Å². The molecular formula is C39H33BrN2O7. The van der Waals surface area contributed by atoms with Crippen molar-refractivity contribution in [2.24, 2.45) is 29.1 Å². The Morgan fingerprint density at radius 3 is 2.43 bits per heavy atom. The van der Waals surface area contributed by atoms with Crippen molar-refractivity contribution < 1.29 is 33.4 Å². The fourth-order valence-electron chi connectivity index (χ4n) is 8.88. The molecule has 9 nitrogen and oxygen atoms in total. The van der Waals surface area contributed by atoms with Crippen LogP contribution in [0.1, 0.15) is 45.1 Å². The van der Waals surface area contributed by atoms with Gasteiger partial charge in [-0.3, -0.25) is 24.1 Å². The molecular weight excluding hydrogens is 688 g/mol. The van der Waals surface area contributed by atoms with E-state index in [-0.39, 0.29) is 41.3 Å². The largest absolute Gasteiger partial charge is 0.503 e. The fraction of sp³-hybridized carbons (Fsp3) is 0.308. The molecule has 4 aromatic rings. The lowest BCUT2D eigenvalue weighted by atomic mass is 9.46. The zero-order chi connectivity index (χ0) is 34.5. The molecule has 1 N–H and O–H groups in total. The molecule has 1 saturated carbocycles. The lowest BCUT2D eigenvalue weighted by Gasteiger charge is -2.54. The topological polar surface area (TPSA) is 127 Å². The number of methoxy groups -OCH3 is 1. The second-order valence-electron chi connectivity index (χ2n) is 13.7. The summed E-state index contributed by atoms with van der Waals surface area (Å²) in [6.07, 6.45) is 2.60. The Morgan fingerprint density at radius 2 is 1.71 bits per heavy atom. The van der Waals surface area contributed by atoms with Crippen LogP contribution in [0.5, 0.6) is 11.5 Å². The maximum Gasteiger partial charge on any atom is 0.238 e. The third-order valence-electron chi connectivity index (χ3n) is 11.4. The Balaban J connectivity index is 1.19. The lowest BCUT2D eigenvalue weighted by Crippen LogP contribution is -2.55. The number of aromatic hydroxyl groups is 1. The summed E-state index contributed by atoms with van der Waals surface area (Å²) in [5, 5.41) is 10.6. The molecule has 0 bridgehead atoms. The van der Waals surface area contributed by atoms with E-state index in [2.05, 4.69) is 20.9 Å². The zero-order valence-corrected chi connectivity index (χ0v) is 28.9. The highest BCUT2D eigenvalue weighted by Crippen LogP contribution is 2.63. The van der Waals surface area contributed by atoms with Crippen molar-refractivity contribution >= 4 is 56.1 Å². The third kappa shape index (κ3) is 4.39. The average molecular weight is 722 g/mol. The van der Waals surface area contributed by atoms with Crippen molar-refractivity contribution in [3.05, 3.63) is 93.5 Å². The summed E-state index contributed by atoms with van der Waals surface area (Å²) >= 11 is 3.45. The van der Waals surface area contributed by atoms with E-state index in [1.54, 1.807) is 50.2 Å². The number of phenols is 1. The highest BCUT2D eigenvalue weighted by molar-refractivity contribution is 9.10. The summed E-state index contributed by atoms with van der Waals surface area (Å²) in [5.74, 6) is -3.30. The van der Waals surface area contributed by atoms with Gasteiger partial charge in [0.15, 0.2) is 28.6 Å². The number of hydrogen-bond donors (Lipinski definition) is 1. The number of imide groups is 1. The monoisotopic (exact) mass is 720 g/mol. The molecule has 1 aromatic heterocycles. The van der Waals surface area contributed by atoms with Crippen LogP contribution in [0, 0.1) is 29.1 Å². The number of halogens is 1. The molecule has 0 spiro atoms. The van der Waals surface area contributed by atoms with Crippen LogP contribution in [0.25, 0.3) is 22.6 Å². The maximum absolute atomic E-state index is 14.4. The summed E-state index contributed by atoms with van der Waals surface area (Å²) in [4.78, 5) is 62.7. The van der Waals surface area contributed by atoms with Crippen LogP contribution < -0.4 is 9.64 Å². The van der Waals surface area contributed by atoms with Gasteiger partial charge in [-0.1, -0.05) is 30.7 Å². The van der Waals surface area contributed by atoms with E-state index in [4.69, 9.17) is 9.15 Å². The number of amides is 2. The van der Waals surface area contributed by atoms with Gasteiger partial charge in [0.1, 0.15) is 5.52 Å². The van der Waals surface area contributed by atoms with Gasteiger partial charge in [-0.05, 0) is 114 Å². The van der Waals surface area contributed by atoms with Crippen LogP contribution >= 0.6 is 15.9 Å². The van der Waals surface area contributed by atoms with Gasteiger partial charge in [0, 0.05) is 17.4 Å². The number of nitrogens with zero attached hydrogens (tertiary/aromatic N) is 2. The van der Waals surface area contributed by atoms with Crippen molar-refractivity contribution in [3.8, 4) is 23.0 Å². The predicted molar refractivity (Wildman–Crippen MR) is 185 cm³/mol. The van der Waals surface area contributed by atoms with E-state index >= 15 is 0 Å². The van der Waals surface area contributed by atoms with Gasteiger partial charge >= 0.3 is 0 Å². The van der Waals surface area contributed by atoms with E-state index in [0.717, 1.165) is 11.1 Å². The van der Waals surface area contributed by atoms with Gasteiger partial charge in [0.25, 0.3) is 0 Å². The molecule has 0 unspecified atom stereocenters. The number of phenolic OH excluding ortho intramolecular Hbond substituents is 1. The molecule has 1 saturated heterocycles. The van der Waals surface area contributed by atoms with Crippen LogP contribution in [-0.4, -0.2) is 40.6 Å². The number of aromatic nitrogens is 1. The molecule has 248 valence electrons. The van der Waals surface area contributed by atoms with Crippen molar-refractivity contribution in [1.82, 2.24) is 4.98 Å². The quantitative estimate of drug-likeness (QED) is 0.172. The molecule has 3 aromatic carbocycles. The summed E-state index contributed by atoms with van der Waals surface area (Å²) in [6.45, 7) is 5.24. The number of carbonyl (C=O) groups excluding carboxylic acids is 4. The van der Waals surface area contributed by atoms with E-state index in [1.165, 1.54) is 12.0 Å².